The van der Waals surface area contributed by atoms with E-state index in [1.807, 2.05) is 72.4 Å². The highest BCUT2D eigenvalue weighted by molar-refractivity contribution is 14.1. The van der Waals surface area contributed by atoms with Gasteiger partial charge in [0.15, 0.2) is 0 Å². The van der Waals surface area contributed by atoms with Crippen LogP contribution in [0.2, 0.25) is 0 Å². The molecule has 1 heterocycles. The summed E-state index contributed by atoms with van der Waals surface area (Å²) in [6.07, 6.45) is 3.62. The molecule has 0 saturated carbocycles. The summed E-state index contributed by atoms with van der Waals surface area (Å²) in [4.78, 5) is 17.1. The van der Waals surface area contributed by atoms with Gasteiger partial charge in [0.05, 0.1) is 5.56 Å². The first-order chi connectivity index (χ1) is 11.2. The van der Waals surface area contributed by atoms with Crippen LogP contribution < -0.4 is 5.32 Å². The molecule has 0 aliphatic carbocycles. The molecule has 5 heteroatoms. The first-order valence-corrected chi connectivity index (χ1v) is 8.32. The summed E-state index contributed by atoms with van der Waals surface area (Å²) in [6.45, 7) is 0. The first-order valence-electron chi connectivity index (χ1n) is 7.24. The highest BCUT2D eigenvalue weighted by Gasteiger charge is 2.21. The lowest BCUT2D eigenvalue weighted by Gasteiger charge is -2.19. The highest BCUT2D eigenvalue weighted by Crippen LogP contribution is 2.21. The van der Waals surface area contributed by atoms with E-state index in [0.717, 1.165) is 15.0 Å². The van der Waals surface area contributed by atoms with Crippen molar-refractivity contribution in [2.24, 2.45) is 7.05 Å². The zero-order valence-corrected chi connectivity index (χ0v) is 14.8. The van der Waals surface area contributed by atoms with Crippen LogP contribution >= 0.6 is 22.6 Å². The summed E-state index contributed by atoms with van der Waals surface area (Å²) in [5, 5.41) is 3.11. The predicted molar refractivity (Wildman–Crippen MR) is 98.1 cm³/mol. The van der Waals surface area contributed by atoms with Crippen molar-refractivity contribution in [3.05, 3.63) is 87.5 Å². The Bertz CT molecular complexity index is 814. The van der Waals surface area contributed by atoms with Gasteiger partial charge in [0.25, 0.3) is 5.91 Å². The van der Waals surface area contributed by atoms with Crippen LogP contribution in [0, 0.1) is 3.57 Å². The average molecular weight is 417 g/mol. The molecule has 1 atom stereocenters. The molecule has 1 aromatic heterocycles. The largest absolute Gasteiger partial charge is 0.338 e. The Hall–Kier alpha value is -2.15. The molecule has 23 heavy (non-hydrogen) atoms. The van der Waals surface area contributed by atoms with Gasteiger partial charge in [0.1, 0.15) is 11.9 Å². The molecular formula is C18H16IN3O. The number of halogens is 1. The van der Waals surface area contributed by atoms with Crippen LogP contribution in [0.5, 0.6) is 0 Å². The van der Waals surface area contributed by atoms with Gasteiger partial charge in [-0.3, -0.25) is 4.79 Å². The lowest BCUT2D eigenvalue weighted by molar-refractivity contribution is 0.0940. The molecule has 0 spiro atoms. The van der Waals surface area contributed by atoms with Crippen LogP contribution in [0.1, 0.15) is 27.8 Å². The Morgan fingerprint density at radius 1 is 1.13 bits per heavy atom. The van der Waals surface area contributed by atoms with E-state index in [4.69, 9.17) is 0 Å². The van der Waals surface area contributed by atoms with Crippen LogP contribution in [0.25, 0.3) is 0 Å². The molecule has 2 aromatic carbocycles. The Morgan fingerprint density at radius 2 is 1.83 bits per heavy atom. The summed E-state index contributed by atoms with van der Waals surface area (Å²) in [7, 11) is 1.93. The SMILES string of the molecule is Cn1ccnc1[C@@H](NC(=O)c1ccccc1I)c1ccccc1. The van der Waals surface area contributed by atoms with Crippen molar-refractivity contribution >= 4 is 28.5 Å². The van der Waals surface area contributed by atoms with Crippen molar-refractivity contribution in [3.63, 3.8) is 0 Å². The molecule has 0 unspecified atom stereocenters. The standard InChI is InChI=1S/C18H16IN3O/c1-22-12-11-20-17(22)16(13-7-3-2-4-8-13)21-18(23)14-9-5-6-10-15(14)19/h2-12,16H,1H3,(H,21,23)/t16-/m0/s1. The van der Waals surface area contributed by atoms with Crippen molar-refractivity contribution in [2.45, 2.75) is 6.04 Å². The van der Waals surface area contributed by atoms with E-state index in [1.54, 1.807) is 6.20 Å². The number of amides is 1. The summed E-state index contributed by atoms with van der Waals surface area (Å²) in [6, 6.07) is 17.1. The van der Waals surface area contributed by atoms with Crippen LogP contribution in [0.15, 0.2) is 67.0 Å². The van der Waals surface area contributed by atoms with Gasteiger partial charge >= 0.3 is 0 Å². The summed E-state index contributed by atoms with van der Waals surface area (Å²) < 4.78 is 2.85. The predicted octanol–water partition coefficient (Wildman–Crippen LogP) is 3.54. The molecule has 3 rings (SSSR count). The van der Waals surface area contributed by atoms with Crippen LogP contribution in [0.4, 0.5) is 0 Å². The third-order valence-electron chi connectivity index (χ3n) is 3.64. The number of nitrogens with zero attached hydrogens (tertiary/aromatic N) is 2. The molecule has 1 N–H and O–H groups in total. The number of imidazole rings is 1. The number of aryl methyl sites for hydroxylation is 1. The summed E-state index contributed by atoms with van der Waals surface area (Å²) in [5.74, 6) is 0.697. The van der Waals surface area contributed by atoms with Crippen LogP contribution in [-0.4, -0.2) is 15.5 Å². The minimum atomic E-state index is -0.292. The smallest absolute Gasteiger partial charge is 0.253 e. The first kappa shape index (κ1) is 15.7. The number of carbonyl (C=O) groups excluding carboxylic acids is 1. The molecule has 116 valence electrons. The van der Waals surface area contributed by atoms with Gasteiger partial charge in [-0.1, -0.05) is 42.5 Å². The fourth-order valence-corrected chi connectivity index (χ4v) is 3.08. The zero-order valence-electron chi connectivity index (χ0n) is 12.6. The molecule has 0 saturated heterocycles. The van der Waals surface area contributed by atoms with E-state index in [-0.39, 0.29) is 11.9 Å². The molecule has 1 amide bonds. The fraction of sp³-hybridized carbons (Fsp3) is 0.111. The molecular weight excluding hydrogens is 401 g/mol. The molecule has 0 radical (unpaired) electrons. The third kappa shape index (κ3) is 3.44. The van der Waals surface area contributed by atoms with Gasteiger partial charge in [-0.15, -0.1) is 0 Å². The maximum atomic E-state index is 12.7. The van der Waals surface area contributed by atoms with Gasteiger partial charge in [-0.2, -0.15) is 0 Å². The Balaban J connectivity index is 1.96. The highest BCUT2D eigenvalue weighted by atomic mass is 127. The van der Waals surface area contributed by atoms with E-state index >= 15 is 0 Å². The summed E-state index contributed by atoms with van der Waals surface area (Å²) in [5.41, 5.74) is 1.67. The van der Waals surface area contributed by atoms with Crippen LogP contribution in [0.3, 0.4) is 0 Å². The van der Waals surface area contributed by atoms with E-state index in [0.29, 0.717) is 5.56 Å². The lowest BCUT2D eigenvalue weighted by Crippen LogP contribution is -2.31. The molecule has 0 aliphatic heterocycles. The number of nitrogens with one attached hydrogen (secondary N) is 1. The van der Waals surface area contributed by atoms with Crippen molar-refractivity contribution in [1.29, 1.82) is 0 Å². The fourth-order valence-electron chi connectivity index (χ4n) is 2.45. The van der Waals surface area contributed by atoms with Gasteiger partial charge < -0.3 is 9.88 Å². The van der Waals surface area contributed by atoms with Crippen molar-refractivity contribution in [1.82, 2.24) is 14.9 Å². The Morgan fingerprint density at radius 3 is 2.48 bits per heavy atom. The monoisotopic (exact) mass is 417 g/mol. The Kier molecular flexibility index (Phi) is 4.76. The second-order valence-electron chi connectivity index (χ2n) is 5.19. The maximum absolute atomic E-state index is 12.7. The number of aromatic nitrogens is 2. The number of carbonyl (C=O) groups is 1. The second-order valence-corrected chi connectivity index (χ2v) is 6.36. The Labute approximate surface area is 148 Å². The number of hydrogen-bond donors (Lipinski definition) is 1. The molecule has 0 aliphatic rings. The minimum absolute atomic E-state index is 0.105. The van der Waals surface area contributed by atoms with Crippen molar-refractivity contribution < 1.29 is 4.79 Å². The molecule has 4 nitrogen and oxygen atoms in total. The van der Waals surface area contributed by atoms with E-state index in [9.17, 15) is 4.79 Å². The topological polar surface area (TPSA) is 46.9 Å². The third-order valence-corrected chi connectivity index (χ3v) is 4.58. The quantitative estimate of drug-likeness (QED) is 0.661. The number of benzene rings is 2. The summed E-state index contributed by atoms with van der Waals surface area (Å²) >= 11 is 2.18. The van der Waals surface area contributed by atoms with Crippen molar-refractivity contribution in [3.8, 4) is 0 Å². The zero-order chi connectivity index (χ0) is 16.2. The van der Waals surface area contributed by atoms with Crippen LogP contribution in [-0.2, 0) is 7.05 Å². The van der Waals surface area contributed by atoms with E-state index in [1.165, 1.54) is 0 Å². The van der Waals surface area contributed by atoms with Gasteiger partial charge in [0.2, 0.25) is 0 Å². The lowest BCUT2D eigenvalue weighted by atomic mass is 10.1. The van der Waals surface area contributed by atoms with Gasteiger partial charge in [-0.05, 0) is 40.3 Å². The van der Waals surface area contributed by atoms with E-state index in [2.05, 4.69) is 32.9 Å². The van der Waals surface area contributed by atoms with Gasteiger partial charge in [-0.25, -0.2) is 4.98 Å². The average Bonchev–Trinajstić information content (AvgIpc) is 2.99. The maximum Gasteiger partial charge on any atom is 0.253 e. The van der Waals surface area contributed by atoms with Crippen molar-refractivity contribution in [2.75, 3.05) is 0 Å². The normalized spacial score (nSPS) is 11.9. The number of rotatable bonds is 4. The minimum Gasteiger partial charge on any atom is -0.338 e. The second kappa shape index (κ2) is 6.95. The number of hydrogen-bond acceptors (Lipinski definition) is 2. The van der Waals surface area contributed by atoms with Gasteiger partial charge in [0, 0.05) is 23.0 Å². The van der Waals surface area contributed by atoms with E-state index < -0.39 is 0 Å². The molecule has 3 aromatic rings. The molecule has 0 fully saturated rings. The molecule has 0 bridgehead atoms.